The van der Waals surface area contributed by atoms with Crippen molar-refractivity contribution in [2.75, 3.05) is 7.11 Å². The Morgan fingerprint density at radius 1 is 1.42 bits per heavy atom. The van der Waals surface area contributed by atoms with Crippen LogP contribution in [0, 0.1) is 5.41 Å². The Labute approximate surface area is 128 Å². The van der Waals surface area contributed by atoms with Gasteiger partial charge in [0.2, 0.25) is 0 Å². The van der Waals surface area contributed by atoms with Gasteiger partial charge in [0, 0.05) is 10.6 Å². The minimum atomic E-state index is -1.02. The van der Waals surface area contributed by atoms with E-state index < -0.39 is 17.4 Å². The SMILES string of the molecule is COC(=O)C(C)(C)[C@H](N)c1c(O)cc(Cl)cc1Cl.Cl. The topological polar surface area (TPSA) is 72.5 Å². The smallest absolute Gasteiger partial charge is 0.313 e. The lowest BCUT2D eigenvalue weighted by molar-refractivity contribution is -0.152. The van der Waals surface area contributed by atoms with Gasteiger partial charge in [-0.05, 0) is 26.0 Å². The van der Waals surface area contributed by atoms with E-state index in [2.05, 4.69) is 0 Å². The van der Waals surface area contributed by atoms with E-state index in [0.717, 1.165) is 0 Å². The Balaban J connectivity index is 0.00000324. The first-order valence-corrected chi connectivity index (χ1v) is 5.99. The molecule has 0 heterocycles. The molecule has 7 heteroatoms. The molecule has 1 rings (SSSR count). The molecule has 1 aromatic rings. The third-order valence-corrected chi connectivity index (χ3v) is 3.40. The Hall–Kier alpha value is -0.680. The predicted molar refractivity (Wildman–Crippen MR) is 78.1 cm³/mol. The van der Waals surface area contributed by atoms with Gasteiger partial charge in [-0.25, -0.2) is 0 Å². The monoisotopic (exact) mass is 327 g/mol. The number of rotatable bonds is 3. The lowest BCUT2D eigenvalue weighted by Gasteiger charge is -2.29. The standard InChI is InChI=1S/C12H15Cl2NO3.ClH/c1-12(2,11(17)18-3)10(15)9-7(14)4-6(13)5-8(9)16;/h4-5,10,16H,15H2,1-3H3;1H/t10-;/m1./s1. The molecular weight excluding hydrogens is 312 g/mol. The maximum Gasteiger partial charge on any atom is 0.313 e. The van der Waals surface area contributed by atoms with E-state index in [4.69, 9.17) is 33.7 Å². The van der Waals surface area contributed by atoms with Crippen LogP contribution in [0.2, 0.25) is 10.0 Å². The Kier molecular flexibility index (Phi) is 6.42. The van der Waals surface area contributed by atoms with Crippen molar-refractivity contribution in [1.82, 2.24) is 0 Å². The Morgan fingerprint density at radius 3 is 2.37 bits per heavy atom. The first kappa shape index (κ1) is 18.3. The summed E-state index contributed by atoms with van der Waals surface area (Å²) in [6.07, 6.45) is 0. The molecule has 0 amide bonds. The highest BCUT2D eigenvalue weighted by atomic mass is 35.5. The maximum atomic E-state index is 11.7. The molecule has 0 saturated heterocycles. The van der Waals surface area contributed by atoms with E-state index >= 15 is 0 Å². The predicted octanol–water partition coefficient (Wildman–Crippen LogP) is 3.32. The zero-order valence-corrected chi connectivity index (χ0v) is 13.1. The third-order valence-electron chi connectivity index (χ3n) is 2.87. The van der Waals surface area contributed by atoms with Crippen LogP contribution in [0.4, 0.5) is 0 Å². The van der Waals surface area contributed by atoms with Gasteiger partial charge in [-0.2, -0.15) is 0 Å². The van der Waals surface area contributed by atoms with Gasteiger partial charge in [-0.1, -0.05) is 23.2 Å². The molecule has 0 aliphatic rings. The van der Waals surface area contributed by atoms with Crippen LogP contribution in [-0.2, 0) is 9.53 Å². The molecule has 0 saturated carbocycles. The zero-order chi connectivity index (χ0) is 14.1. The summed E-state index contributed by atoms with van der Waals surface area (Å²) in [7, 11) is 1.28. The van der Waals surface area contributed by atoms with Crippen molar-refractivity contribution in [2.24, 2.45) is 11.1 Å². The van der Waals surface area contributed by atoms with Crippen LogP contribution < -0.4 is 5.73 Å². The number of methoxy groups -OCH3 is 1. The van der Waals surface area contributed by atoms with Crippen molar-refractivity contribution >= 4 is 41.6 Å². The summed E-state index contributed by atoms with van der Waals surface area (Å²) in [6, 6.07) is 1.98. The number of hydrogen-bond donors (Lipinski definition) is 2. The molecule has 0 aliphatic heterocycles. The molecule has 19 heavy (non-hydrogen) atoms. The highest BCUT2D eigenvalue weighted by Gasteiger charge is 2.38. The Bertz CT molecular complexity index is 454. The lowest BCUT2D eigenvalue weighted by Crippen LogP contribution is -2.37. The molecule has 1 aromatic carbocycles. The van der Waals surface area contributed by atoms with Gasteiger partial charge in [-0.15, -0.1) is 12.4 Å². The summed E-state index contributed by atoms with van der Waals surface area (Å²) in [5, 5.41) is 10.4. The molecule has 0 radical (unpaired) electrons. The lowest BCUT2D eigenvalue weighted by atomic mass is 9.80. The minimum Gasteiger partial charge on any atom is -0.508 e. The zero-order valence-electron chi connectivity index (χ0n) is 10.7. The number of phenolic OH excluding ortho intramolecular Hbond substituents is 1. The van der Waals surface area contributed by atoms with Crippen molar-refractivity contribution in [3.63, 3.8) is 0 Å². The maximum absolute atomic E-state index is 11.7. The summed E-state index contributed by atoms with van der Waals surface area (Å²) < 4.78 is 4.69. The van der Waals surface area contributed by atoms with Crippen LogP contribution in [0.5, 0.6) is 5.75 Å². The molecule has 1 atom stereocenters. The first-order valence-electron chi connectivity index (χ1n) is 5.23. The molecule has 0 unspecified atom stereocenters. The summed E-state index contributed by atoms with van der Waals surface area (Å²) in [5.41, 5.74) is 5.26. The summed E-state index contributed by atoms with van der Waals surface area (Å²) in [6.45, 7) is 3.24. The number of esters is 1. The molecule has 0 aliphatic carbocycles. The molecule has 4 nitrogen and oxygen atoms in total. The summed E-state index contributed by atoms with van der Waals surface area (Å²) >= 11 is 11.8. The second-order valence-corrected chi connectivity index (χ2v) is 5.35. The van der Waals surface area contributed by atoms with Crippen molar-refractivity contribution in [1.29, 1.82) is 0 Å². The van der Waals surface area contributed by atoms with Gasteiger partial charge in [0.15, 0.2) is 0 Å². The third kappa shape index (κ3) is 3.66. The van der Waals surface area contributed by atoms with Gasteiger partial charge >= 0.3 is 5.97 Å². The van der Waals surface area contributed by atoms with Gasteiger partial charge in [0.05, 0.1) is 23.6 Å². The molecule has 0 bridgehead atoms. The molecule has 0 fully saturated rings. The number of aromatic hydroxyl groups is 1. The van der Waals surface area contributed by atoms with Gasteiger partial charge in [0.25, 0.3) is 0 Å². The normalized spacial score (nSPS) is 12.5. The van der Waals surface area contributed by atoms with E-state index in [1.807, 2.05) is 0 Å². The fourth-order valence-electron chi connectivity index (χ4n) is 1.63. The van der Waals surface area contributed by atoms with E-state index in [1.54, 1.807) is 13.8 Å². The number of ether oxygens (including phenoxy) is 1. The number of carbonyl (C=O) groups is 1. The number of nitrogens with two attached hydrogens (primary N) is 1. The molecule has 108 valence electrons. The molecular formula is C12H16Cl3NO3. The second-order valence-electron chi connectivity index (χ2n) is 4.51. The number of hydrogen-bond acceptors (Lipinski definition) is 4. The number of phenols is 1. The van der Waals surface area contributed by atoms with E-state index in [0.29, 0.717) is 5.02 Å². The number of carbonyl (C=O) groups excluding carboxylic acids is 1. The van der Waals surface area contributed by atoms with Crippen LogP contribution in [0.3, 0.4) is 0 Å². The molecule has 3 N–H and O–H groups in total. The van der Waals surface area contributed by atoms with Gasteiger partial charge in [-0.3, -0.25) is 4.79 Å². The van der Waals surface area contributed by atoms with E-state index in [9.17, 15) is 9.90 Å². The largest absolute Gasteiger partial charge is 0.508 e. The van der Waals surface area contributed by atoms with Gasteiger partial charge < -0.3 is 15.6 Å². The minimum absolute atomic E-state index is 0. The summed E-state index contributed by atoms with van der Waals surface area (Å²) in [4.78, 5) is 11.7. The quantitative estimate of drug-likeness (QED) is 0.835. The van der Waals surface area contributed by atoms with E-state index in [1.165, 1.54) is 19.2 Å². The van der Waals surface area contributed by atoms with Crippen LogP contribution in [0.1, 0.15) is 25.5 Å². The van der Waals surface area contributed by atoms with Crippen molar-refractivity contribution in [3.05, 3.63) is 27.7 Å². The average molecular weight is 329 g/mol. The van der Waals surface area contributed by atoms with Crippen LogP contribution in [0.25, 0.3) is 0 Å². The highest BCUT2D eigenvalue weighted by molar-refractivity contribution is 6.35. The first-order chi connectivity index (χ1) is 8.21. The van der Waals surface area contributed by atoms with Crippen LogP contribution in [-0.4, -0.2) is 18.2 Å². The van der Waals surface area contributed by atoms with Crippen molar-refractivity contribution < 1.29 is 14.6 Å². The second kappa shape index (κ2) is 6.66. The summed E-state index contributed by atoms with van der Waals surface area (Å²) in [5.74, 6) is -0.627. The average Bonchev–Trinajstić information content (AvgIpc) is 2.26. The Morgan fingerprint density at radius 2 is 1.95 bits per heavy atom. The fraction of sp³-hybridized carbons (Fsp3) is 0.417. The van der Waals surface area contributed by atoms with Gasteiger partial charge in [0.1, 0.15) is 5.75 Å². The van der Waals surface area contributed by atoms with Crippen LogP contribution in [0.15, 0.2) is 12.1 Å². The van der Waals surface area contributed by atoms with E-state index in [-0.39, 0.29) is 28.7 Å². The fourth-order valence-corrected chi connectivity index (χ4v) is 2.23. The number of benzene rings is 1. The molecule has 0 aromatic heterocycles. The number of halogens is 3. The van der Waals surface area contributed by atoms with Crippen LogP contribution >= 0.6 is 35.6 Å². The molecule has 0 spiro atoms. The van der Waals surface area contributed by atoms with Crippen molar-refractivity contribution in [2.45, 2.75) is 19.9 Å². The highest BCUT2D eigenvalue weighted by Crippen LogP contribution is 2.41. The van der Waals surface area contributed by atoms with Crippen molar-refractivity contribution in [3.8, 4) is 5.75 Å².